The van der Waals surface area contributed by atoms with Gasteiger partial charge in [0.2, 0.25) is 0 Å². The summed E-state index contributed by atoms with van der Waals surface area (Å²) in [4.78, 5) is 11.1. The van der Waals surface area contributed by atoms with Gasteiger partial charge in [-0.1, -0.05) is 0 Å². The van der Waals surface area contributed by atoms with Crippen molar-refractivity contribution in [1.82, 2.24) is 15.0 Å². The lowest BCUT2D eigenvalue weighted by atomic mass is 10.4. The molecular weight excluding hydrogens is 168 g/mol. The predicted molar refractivity (Wildman–Crippen MR) is 49.5 cm³/mol. The number of rotatable bonds is 2. The van der Waals surface area contributed by atoms with Crippen LogP contribution in [0.2, 0.25) is 0 Å². The minimum absolute atomic E-state index is 0.460. The number of anilines is 1. The number of hydrogen-bond donors (Lipinski definition) is 2. The first kappa shape index (κ1) is 7.85. The molecule has 2 rings (SSSR count). The van der Waals surface area contributed by atoms with Crippen LogP contribution in [0.3, 0.4) is 0 Å². The fourth-order valence-corrected chi connectivity index (χ4v) is 1.09. The van der Waals surface area contributed by atoms with Crippen molar-refractivity contribution >= 4 is 17.0 Å². The first-order chi connectivity index (χ1) is 6.29. The van der Waals surface area contributed by atoms with Gasteiger partial charge in [-0.2, -0.15) is 4.98 Å². The molecule has 0 aromatic carbocycles. The molecule has 68 valence electrons. The van der Waals surface area contributed by atoms with Crippen LogP contribution in [0.25, 0.3) is 11.2 Å². The number of fused-ring (bicyclic) bond motifs is 1. The fourth-order valence-electron chi connectivity index (χ4n) is 1.09. The highest BCUT2D eigenvalue weighted by Crippen LogP contribution is 2.14. The van der Waals surface area contributed by atoms with Crippen LogP contribution in [-0.2, 0) is 0 Å². The quantitative estimate of drug-likeness (QED) is 0.717. The Kier molecular flexibility index (Phi) is 1.77. The summed E-state index contributed by atoms with van der Waals surface area (Å²) in [6, 6.07) is 4.03. The second kappa shape index (κ2) is 2.93. The molecule has 5 nitrogen and oxygen atoms in total. The summed E-state index contributed by atoms with van der Waals surface area (Å²) in [5.41, 5.74) is 6.92. The first-order valence-corrected chi connectivity index (χ1v) is 4.04. The molecule has 0 saturated carbocycles. The minimum atomic E-state index is 0.460. The topological polar surface area (TPSA) is 76.8 Å². The van der Waals surface area contributed by atoms with Gasteiger partial charge in [0.1, 0.15) is 5.82 Å². The third-order valence-electron chi connectivity index (χ3n) is 1.63. The van der Waals surface area contributed by atoms with Crippen LogP contribution in [0.4, 0.5) is 5.82 Å². The number of hydrogen-bond acceptors (Lipinski definition) is 4. The summed E-state index contributed by atoms with van der Waals surface area (Å²) >= 11 is 0. The summed E-state index contributed by atoms with van der Waals surface area (Å²) in [5, 5.41) is 0. The van der Waals surface area contributed by atoms with Crippen LogP contribution in [0.5, 0.6) is 6.01 Å². The Morgan fingerprint density at radius 3 is 3.08 bits per heavy atom. The standard InChI is InChI=1S/C8H10N4O/c1-2-13-8-10-5-3-4-6(9)11-7(5)12-8/h3-4H,2H2,1H3,(H3,9,10,11,12). The van der Waals surface area contributed by atoms with Crippen LogP contribution < -0.4 is 10.5 Å². The highest BCUT2D eigenvalue weighted by molar-refractivity contribution is 5.73. The second-order valence-corrected chi connectivity index (χ2v) is 2.58. The molecule has 0 fully saturated rings. The molecule has 13 heavy (non-hydrogen) atoms. The predicted octanol–water partition coefficient (Wildman–Crippen LogP) is 0.939. The van der Waals surface area contributed by atoms with Crippen molar-refractivity contribution in [3.63, 3.8) is 0 Å². The Bertz CT molecular complexity index is 423. The Morgan fingerprint density at radius 2 is 2.31 bits per heavy atom. The molecule has 0 amide bonds. The van der Waals surface area contributed by atoms with Crippen molar-refractivity contribution < 1.29 is 4.74 Å². The monoisotopic (exact) mass is 178 g/mol. The Hall–Kier alpha value is -1.78. The lowest BCUT2D eigenvalue weighted by molar-refractivity contribution is 0.317. The van der Waals surface area contributed by atoms with Crippen molar-refractivity contribution in [2.75, 3.05) is 12.3 Å². The van der Waals surface area contributed by atoms with Gasteiger partial charge in [0.05, 0.1) is 12.1 Å². The number of ether oxygens (including phenoxy) is 1. The third-order valence-corrected chi connectivity index (χ3v) is 1.63. The normalized spacial score (nSPS) is 10.5. The van der Waals surface area contributed by atoms with Gasteiger partial charge in [0.25, 0.3) is 6.01 Å². The van der Waals surface area contributed by atoms with E-state index in [1.807, 2.05) is 13.0 Å². The van der Waals surface area contributed by atoms with E-state index in [0.717, 1.165) is 5.52 Å². The Labute approximate surface area is 74.9 Å². The van der Waals surface area contributed by atoms with E-state index in [1.54, 1.807) is 6.07 Å². The van der Waals surface area contributed by atoms with Crippen LogP contribution in [0.15, 0.2) is 12.1 Å². The number of nitrogens with two attached hydrogens (primary N) is 1. The largest absolute Gasteiger partial charge is 0.465 e. The second-order valence-electron chi connectivity index (χ2n) is 2.58. The van der Waals surface area contributed by atoms with E-state index in [9.17, 15) is 0 Å². The summed E-state index contributed by atoms with van der Waals surface area (Å²) in [7, 11) is 0. The molecule has 0 unspecified atom stereocenters. The molecule has 2 heterocycles. The van der Waals surface area contributed by atoms with Crippen LogP contribution in [0, 0.1) is 0 Å². The molecule has 5 heteroatoms. The number of nitrogens with one attached hydrogen (secondary N) is 1. The average Bonchev–Trinajstić information content (AvgIpc) is 2.46. The zero-order chi connectivity index (χ0) is 9.26. The Balaban J connectivity index is 2.49. The SMILES string of the molecule is CCOc1nc2nc(N)ccc2[nH]1. The van der Waals surface area contributed by atoms with Gasteiger partial charge in [-0.15, -0.1) is 0 Å². The Morgan fingerprint density at radius 1 is 1.46 bits per heavy atom. The molecule has 0 saturated heterocycles. The molecular formula is C8H10N4O. The number of aromatic nitrogens is 3. The number of H-pyrrole nitrogens is 1. The lowest BCUT2D eigenvalue weighted by Gasteiger charge is -1.92. The van der Waals surface area contributed by atoms with Gasteiger partial charge in [0, 0.05) is 0 Å². The molecule has 0 aliphatic heterocycles. The van der Waals surface area contributed by atoms with Gasteiger partial charge >= 0.3 is 0 Å². The number of imidazole rings is 1. The maximum atomic E-state index is 5.50. The van der Waals surface area contributed by atoms with Gasteiger partial charge < -0.3 is 15.5 Å². The molecule has 0 radical (unpaired) electrons. The number of pyridine rings is 1. The van der Waals surface area contributed by atoms with E-state index in [1.165, 1.54) is 0 Å². The highest BCUT2D eigenvalue weighted by Gasteiger charge is 2.03. The molecule has 3 N–H and O–H groups in total. The van der Waals surface area contributed by atoms with Crippen LogP contribution in [-0.4, -0.2) is 21.6 Å². The molecule has 2 aromatic heterocycles. The summed E-state index contributed by atoms with van der Waals surface area (Å²) in [6.45, 7) is 2.48. The van der Waals surface area contributed by atoms with E-state index in [0.29, 0.717) is 24.1 Å². The highest BCUT2D eigenvalue weighted by atomic mass is 16.5. The first-order valence-electron chi connectivity index (χ1n) is 4.04. The maximum absolute atomic E-state index is 5.50. The summed E-state index contributed by atoms with van der Waals surface area (Å²) in [5.74, 6) is 0.460. The number of nitrogen functional groups attached to an aromatic ring is 1. The van der Waals surface area contributed by atoms with E-state index >= 15 is 0 Å². The van der Waals surface area contributed by atoms with E-state index in [4.69, 9.17) is 10.5 Å². The number of aromatic amines is 1. The summed E-state index contributed by atoms with van der Waals surface area (Å²) in [6.07, 6.45) is 0. The average molecular weight is 178 g/mol. The zero-order valence-corrected chi connectivity index (χ0v) is 7.24. The van der Waals surface area contributed by atoms with Crippen molar-refractivity contribution in [3.8, 4) is 6.01 Å². The molecule has 0 aliphatic rings. The van der Waals surface area contributed by atoms with E-state index < -0.39 is 0 Å². The smallest absolute Gasteiger partial charge is 0.296 e. The minimum Gasteiger partial charge on any atom is -0.465 e. The van der Waals surface area contributed by atoms with Gasteiger partial charge in [-0.25, -0.2) is 4.98 Å². The zero-order valence-electron chi connectivity index (χ0n) is 7.24. The van der Waals surface area contributed by atoms with Gasteiger partial charge in [0.15, 0.2) is 5.65 Å². The molecule has 0 bridgehead atoms. The maximum Gasteiger partial charge on any atom is 0.296 e. The van der Waals surface area contributed by atoms with E-state index in [2.05, 4.69) is 15.0 Å². The van der Waals surface area contributed by atoms with Crippen molar-refractivity contribution in [1.29, 1.82) is 0 Å². The number of nitrogens with zero attached hydrogens (tertiary/aromatic N) is 2. The van der Waals surface area contributed by atoms with Gasteiger partial charge in [-0.3, -0.25) is 0 Å². The van der Waals surface area contributed by atoms with Crippen LogP contribution in [0.1, 0.15) is 6.92 Å². The molecule has 0 spiro atoms. The molecule has 2 aromatic rings. The lowest BCUT2D eigenvalue weighted by Crippen LogP contribution is -1.92. The summed E-state index contributed by atoms with van der Waals surface area (Å²) < 4.78 is 5.18. The van der Waals surface area contributed by atoms with Crippen molar-refractivity contribution in [3.05, 3.63) is 12.1 Å². The van der Waals surface area contributed by atoms with Gasteiger partial charge in [-0.05, 0) is 19.1 Å². The molecule has 0 atom stereocenters. The van der Waals surface area contributed by atoms with E-state index in [-0.39, 0.29) is 0 Å². The van der Waals surface area contributed by atoms with Crippen molar-refractivity contribution in [2.45, 2.75) is 6.92 Å². The third kappa shape index (κ3) is 1.40. The molecule has 0 aliphatic carbocycles. The van der Waals surface area contributed by atoms with Crippen molar-refractivity contribution in [2.24, 2.45) is 0 Å². The van der Waals surface area contributed by atoms with Crippen LogP contribution >= 0.6 is 0 Å². The fraction of sp³-hybridized carbons (Fsp3) is 0.250.